The average Bonchev–Trinajstić information content (AvgIpc) is 3.19. The first-order chi connectivity index (χ1) is 13.8. The van der Waals surface area contributed by atoms with Gasteiger partial charge in [0.25, 0.3) is 0 Å². The number of hydrogen-bond acceptors (Lipinski definition) is 5. The summed E-state index contributed by atoms with van der Waals surface area (Å²) in [6.07, 6.45) is -1.39. The van der Waals surface area contributed by atoms with Gasteiger partial charge in [-0.05, 0) is 57.3 Å². The minimum Gasteiger partial charge on any atom is -0.366 e. The summed E-state index contributed by atoms with van der Waals surface area (Å²) in [6, 6.07) is 7.81. The van der Waals surface area contributed by atoms with Gasteiger partial charge >= 0.3 is 6.18 Å². The minimum atomic E-state index is -4.76. The summed E-state index contributed by atoms with van der Waals surface area (Å²) in [7, 11) is 0. The van der Waals surface area contributed by atoms with E-state index in [1.165, 1.54) is 18.4 Å². The molecular formula is C21H29F3N4O. The van der Waals surface area contributed by atoms with E-state index in [1.54, 1.807) is 0 Å². The number of nitrogens with one attached hydrogen (secondary N) is 1. The maximum atomic E-state index is 12.9. The van der Waals surface area contributed by atoms with Gasteiger partial charge in [0, 0.05) is 18.4 Å². The van der Waals surface area contributed by atoms with Crippen LogP contribution in [0.4, 0.5) is 18.9 Å². The van der Waals surface area contributed by atoms with Crippen LogP contribution in [0.3, 0.4) is 0 Å². The molecule has 1 heterocycles. The minimum absolute atomic E-state index is 0.0323. The number of carbonyl (C=O) groups is 1. The van der Waals surface area contributed by atoms with Gasteiger partial charge in [-0.1, -0.05) is 26.0 Å². The Kier molecular flexibility index (Phi) is 10.3. The van der Waals surface area contributed by atoms with Crippen molar-refractivity contribution in [2.24, 2.45) is 9.98 Å². The van der Waals surface area contributed by atoms with Crippen LogP contribution in [0.1, 0.15) is 39.2 Å². The van der Waals surface area contributed by atoms with Crippen LogP contribution in [0.2, 0.25) is 0 Å². The molecule has 160 valence electrons. The van der Waals surface area contributed by atoms with Crippen LogP contribution in [-0.2, 0) is 11.3 Å². The maximum Gasteiger partial charge on any atom is 0.434 e. The maximum absolute atomic E-state index is 12.9. The molecule has 29 heavy (non-hydrogen) atoms. The summed E-state index contributed by atoms with van der Waals surface area (Å²) in [6.45, 7) is 11.1. The lowest BCUT2D eigenvalue weighted by Crippen LogP contribution is -2.18. The van der Waals surface area contributed by atoms with Crippen molar-refractivity contribution in [1.82, 2.24) is 4.90 Å². The zero-order valence-electron chi connectivity index (χ0n) is 17.2. The fourth-order valence-corrected chi connectivity index (χ4v) is 2.85. The molecule has 8 heteroatoms. The first kappa shape index (κ1) is 24.6. The Morgan fingerprint density at radius 2 is 1.79 bits per heavy atom. The summed E-state index contributed by atoms with van der Waals surface area (Å²) < 4.78 is 38.6. The van der Waals surface area contributed by atoms with Gasteiger partial charge in [0.15, 0.2) is 11.5 Å². The summed E-state index contributed by atoms with van der Waals surface area (Å²) in [4.78, 5) is 20.7. The number of hydrogen-bond donors (Lipinski definition) is 1. The zero-order chi connectivity index (χ0) is 21.9. The van der Waals surface area contributed by atoms with Gasteiger partial charge in [-0.25, -0.2) is 0 Å². The van der Waals surface area contributed by atoms with Crippen molar-refractivity contribution in [3.63, 3.8) is 0 Å². The number of rotatable bonds is 8. The lowest BCUT2D eigenvalue weighted by molar-refractivity contribution is -0.115. The fourth-order valence-electron chi connectivity index (χ4n) is 2.85. The Morgan fingerprint density at radius 3 is 2.28 bits per heavy atom. The first-order valence-electron chi connectivity index (χ1n) is 9.65. The van der Waals surface area contributed by atoms with Crippen molar-refractivity contribution in [1.29, 1.82) is 0 Å². The van der Waals surface area contributed by atoms with Crippen molar-refractivity contribution in [3.05, 3.63) is 41.1 Å². The van der Waals surface area contributed by atoms with Gasteiger partial charge in [0.05, 0.1) is 5.57 Å². The third-order valence-corrected chi connectivity index (χ3v) is 4.21. The van der Waals surface area contributed by atoms with E-state index in [0.29, 0.717) is 0 Å². The normalized spacial score (nSPS) is 15.5. The number of anilines is 1. The number of carbonyl (C=O) groups excluding carboxylic acids is 1. The number of aliphatic imine (C=N–C) groups is 2. The molecule has 5 nitrogen and oxygen atoms in total. The summed E-state index contributed by atoms with van der Waals surface area (Å²) in [5, 5.41) is 2.98. The van der Waals surface area contributed by atoms with Crippen LogP contribution >= 0.6 is 0 Å². The van der Waals surface area contributed by atoms with E-state index >= 15 is 0 Å². The van der Waals surface area contributed by atoms with Gasteiger partial charge < -0.3 is 5.32 Å². The fraction of sp³-hybridized carbons (Fsp3) is 0.476. The zero-order valence-corrected chi connectivity index (χ0v) is 17.2. The number of benzene rings is 1. The highest BCUT2D eigenvalue weighted by Crippen LogP contribution is 2.28. The molecule has 0 bridgehead atoms. The Bertz CT molecular complexity index is 718. The van der Waals surface area contributed by atoms with E-state index in [1.807, 2.05) is 38.1 Å². The monoisotopic (exact) mass is 410 g/mol. The molecule has 0 aliphatic carbocycles. The first-order valence-corrected chi connectivity index (χ1v) is 9.65. The molecule has 0 spiro atoms. The van der Waals surface area contributed by atoms with Crippen molar-refractivity contribution in [3.8, 4) is 0 Å². The van der Waals surface area contributed by atoms with Crippen molar-refractivity contribution >= 4 is 24.4 Å². The van der Waals surface area contributed by atoms with Gasteiger partial charge in [-0.2, -0.15) is 13.2 Å². The second-order valence-electron chi connectivity index (χ2n) is 6.30. The summed E-state index contributed by atoms with van der Waals surface area (Å²) in [5.41, 5.74) is 0.0634. The lowest BCUT2D eigenvalue weighted by Gasteiger charge is -2.14. The van der Waals surface area contributed by atoms with E-state index in [-0.39, 0.29) is 6.67 Å². The predicted octanol–water partition coefficient (Wildman–Crippen LogP) is 4.85. The molecule has 1 aliphatic heterocycles. The van der Waals surface area contributed by atoms with Crippen LogP contribution in [0.15, 0.2) is 45.5 Å². The van der Waals surface area contributed by atoms with Crippen molar-refractivity contribution < 1.29 is 18.0 Å². The molecular weight excluding hydrogens is 381 g/mol. The van der Waals surface area contributed by atoms with E-state index in [2.05, 4.69) is 26.9 Å². The van der Waals surface area contributed by atoms with E-state index in [9.17, 15) is 18.0 Å². The van der Waals surface area contributed by atoms with Crippen LogP contribution in [0.25, 0.3) is 0 Å². The Labute approximate surface area is 170 Å². The average molecular weight is 410 g/mol. The Hall–Kier alpha value is -2.48. The predicted molar refractivity (Wildman–Crippen MR) is 113 cm³/mol. The van der Waals surface area contributed by atoms with Gasteiger partial charge in [0.2, 0.25) is 0 Å². The number of nitrogens with zero attached hydrogens (tertiary/aromatic N) is 3. The number of alkyl halides is 3. The molecule has 1 aliphatic rings. The largest absolute Gasteiger partial charge is 0.434 e. The number of likely N-dealkylation sites (tertiary alicyclic amines) is 1. The van der Waals surface area contributed by atoms with E-state index in [0.717, 1.165) is 38.5 Å². The summed E-state index contributed by atoms with van der Waals surface area (Å²) in [5.74, 6) is -0.773. The van der Waals surface area contributed by atoms with Crippen LogP contribution in [-0.4, -0.2) is 49.5 Å². The van der Waals surface area contributed by atoms with Crippen LogP contribution in [0, 0.1) is 0 Å². The second kappa shape index (κ2) is 12.2. The van der Waals surface area contributed by atoms with Gasteiger partial charge in [-0.15, -0.1) is 0 Å². The molecule has 0 amide bonds. The molecule has 0 unspecified atom stereocenters. The third-order valence-electron chi connectivity index (χ3n) is 4.21. The molecule has 0 atom stereocenters. The lowest BCUT2D eigenvalue weighted by atomic mass is 10.1. The summed E-state index contributed by atoms with van der Waals surface area (Å²) >= 11 is 0. The molecule has 1 aromatic carbocycles. The molecule has 0 aromatic heterocycles. The molecule has 1 aromatic rings. The molecule has 1 saturated heterocycles. The quantitative estimate of drug-likeness (QED) is 0.492. The number of Topliss-reactive ketones (excluding diaryl/α,β-unsaturated/α-hetero) is 1. The number of ketones is 1. The highest BCUT2D eigenvalue weighted by molar-refractivity contribution is 6.13. The number of halogens is 3. The topological polar surface area (TPSA) is 57.1 Å². The highest BCUT2D eigenvalue weighted by atomic mass is 19.4. The van der Waals surface area contributed by atoms with Crippen molar-refractivity contribution in [2.45, 2.75) is 46.3 Å². The Morgan fingerprint density at radius 1 is 1.21 bits per heavy atom. The van der Waals surface area contributed by atoms with Gasteiger partial charge in [0.1, 0.15) is 6.67 Å². The molecule has 1 N–H and O–H groups in total. The molecule has 1 fully saturated rings. The second-order valence-corrected chi connectivity index (χ2v) is 6.30. The van der Waals surface area contributed by atoms with E-state index in [4.69, 9.17) is 0 Å². The smallest absolute Gasteiger partial charge is 0.366 e. The van der Waals surface area contributed by atoms with Gasteiger partial charge in [-0.3, -0.25) is 19.7 Å². The molecule has 2 rings (SSSR count). The standard InChI is InChI=1S/C19H23F3N4O.C2H6/c1-14(27)17(18(23-2)19(20,21)22)11-24-13-25-16-7-5-15(6-8-16)12-26-9-3-4-10-26;1-2/h5-8,11,25H,2-4,9-10,12-13H2,1H3;1-2H3/b18-17+,24-11-;. The van der Waals surface area contributed by atoms with Crippen molar-refractivity contribution in [2.75, 3.05) is 25.1 Å². The highest BCUT2D eigenvalue weighted by Gasteiger charge is 2.36. The third kappa shape index (κ3) is 8.19. The van der Waals surface area contributed by atoms with Crippen LogP contribution in [0.5, 0.6) is 0 Å². The number of allylic oxidation sites excluding steroid dienone is 2. The SMILES string of the molecule is C=N/C(=C(\C=N/CNc1ccc(CN2CCCC2)cc1)C(C)=O)C(F)(F)F.CC. The van der Waals surface area contributed by atoms with E-state index < -0.39 is 23.2 Å². The Balaban J connectivity index is 0.00000204. The molecule has 0 saturated carbocycles. The molecule has 0 radical (unpaired) electrons. The van der Waals surface area contributed by atoms with Crippen LogP contribution < -0.4 is 5.32 Å².